The van der Waals surface area contributed by atoms with Gasteiger partial charge in [-0.3, -0.25) is 4.90 Å². The van der Waals surface area contributed by atoms with E-state index < -0.39 is 0 Å². The maximum Gasteiger partial charge on any atom is 0.394 e. The van der Waals surface area contributed by atoms with E-state index in [0.717, 1.165) is 4.73 Å². The molecule has 0 radical (unpaired) electrons. The lowest BCUT2D eigenvalue weighted by Crippen LogP contribution is -2.39. The van der Waals surface area contributed by atoms with E-state index in [0.29, 0.717) is 19.0 Å². The predicted molar refractivity (Wildman–Crippen MR) is 55.8 cm³/mol. The molecular weight excluding hydrogens is 178 g/mol. The van der Waals surface area contributed by atoms with E-state index >= 15 is 0 Å². The zero-order valence-electron chi connectivity index (χ0n) is 7.97. The van der Waals surface area contributed by atoms with Gasteiger partial charge >= 0.3 is 5.95 Å². The lowest BCUT2D eigenvalue weighted by molar-refractivity contribution is -0.595. The van der Waals surface area contributed by atoms with Crippen LogP contribution in [-0.2, 0) is 0 Å². The van der Waals surface area contributed by atoms with Crippen molar-refractivity contribution in [2.45, 2.75) is 0 Å². The average Bonchev–Trinajstić information content (AvgIpc) is 2.18. The van der Waals surface area contributed by atoms with Crippen LogP contribution in [0.5, 0.6) is 0 Å². The minimum absolute atomic E-state index is 0.368. The maximum absolute atomic E-state index is 11.4. The van der Waals surface area contributed by atoms with E-state index in [2.05, 4.69) is 18.1 Å². The molecule has 74 valence electrons. The summed E-state index contributed by atoms with van der Waals surface area (Å²) in [6.45, 7) is 8.40. The van der Waals surface area contributed by atoms with Gasteiger partial charge in [-0.05, 0) is 0 Å². The van der Waals surface area contributed by atoms with Gasteiger partial charge in [-0.2, -0.15) is 0 Å². The summed E-state index contributed by atoms with van der Waals surface area (Å²) >= 11 is 0. The lowest BCUT2D eigenvalue weighted by atomic mass is 10.4. The van der Waals surface area contributed by atoms with E-state index in [1.807, 2.05) is 0 Å². The molecule has 1 aromatic rings. The molecule has 0 spiro atoms. The Labute approximate surface area is 83.4 Å². The smallest absolute Gasteiger partial charge is 0.394 e. The fraction of sp³-hybridized carbons (Fsp3) is 0.200. The number of anilines is 1. The Bertz CT molecular complexity index is 315. The van der Waals surface area contributed by atoms with Crippen molar-refractivity contribution in [2.24, 2.45) is 0 Å². The second kappa shape index (κ2) is 5.01. The standard InChI is InChI=1S/C10H13N3O/c1-3-7-12(8-4-2)10-11-6-5-9-13(10)14/h3-6,9H,1-2,7-8H2. The highest BCUT2D eigenvalue weighted by Gasteiger charge is 2.14. The van der Waals surface area contributed by atoms with Crippen LogP contribution in [0.15, 0.2) is 43.8 Å². The van der Waals surface area contributed by atoms with Crippen molar-refractivity contribution in [3.8, 4) is 0 Å². The molecule has 0 aliphatic heterocycles. The summed E-state index contributed by atoms with van der Waals surface area (Å²) in [5.41, 5.74) is 0. The summed E-state index contributed by atoms with van der Waals surface area (Å²) in [4.78, 5) is 5.78. The van der Waals surface area contributed by atoms with Gasteiger partial charge in [-0.25, -0.2) is 4.73 Å². The van der Waals surface area contributed by atoms with Gasteiger partial charge in [0.1, 0.15) is 6.20 Å². The third-order valence-corrected chi connectivity index (χ3v) is 1.68. The fourth-order valence-electron chi connectivity index (χ4n) is 1.12. The normalized spacial score (nSPS) is 9.43. The van der Waals surface area contributed by atoms with Crippen molar-refractivity contribution in [2.75, 3.05) is 18.0 Å². The van der Waals surface area contributed by atoms with Crippen molar-refractivity contribution in [1.29, 1.82) is 0 Å². The SMILES string of the molecule is C=CCN(CC=C)c1nccc[n+]1[O-]. The Hall–Kier alpha value is -1.84. The van der Waals surface area contributed by atoms with E-state index in [1.165, 1.54) is 6.20 Å². The molecule has 1 rings (SSSR count). The van der Waals surface area contributed by atoms with Gasteiger partial charge in [0.2, 0.25) is 0 Å². The maximum atomic E-state index is 11.4. The summed E-state index contributed by atoms with van der Waals surface area (Å²) in [6.07, 6.45) is 6.45. The molecule has 0 bridgehead atoms. The molecule has 0 N–H and O–H groups in total. The highest BCUT2D eigenvalue weighted by molar-refractivity contribution is 5.26. The molecule has 0 amide bonds. The summed E-state index contributed by atoms with van der Waals surface area (Å²) in [5.74, 6) is 0.368. The van der Waals surface area contributed by atoms with E-state index in [1.54, 1.807) is 29.3 Å². The molecule has 0 aliphatic carbocycles. The molecule has 0 unspecified atom stereocenters. The highest BCUT2D eigenvalue weighted by atomic mass is 16.5. The van der Waals surface area contributed by atoms with Gasteiger partial charge in [0.25, 0.3) is 0 Å². The van der Waals surface area contributed by atoms with Gasteiger partial charge < -0.3 is 5.21 Å². The van der Waals surface area contributed by atoms with Crippen LogP contribution in [-0.4, -0.2) is 18.1 Å². The van der Waals surface area contributed by atoms with Crippen LogP contribution in [0, 0.1) is 5.21 Å². The molecule has 0 aliphatic rings. The molecule has 1 heterocycles. The first-order chi connectivity index (χ1) is 6.79. The monoisotopic (exact) mass is 191 g/mol. The number of rotatable bonds is 5. The Kier molecular flexibility index (Phi) is 3.67. The molecule has 0 atom stereocenters. The summed E-state index contributed by atoms with van der Waals surface area (Å²) in [7, 11) is 0. The topological polar surface area (TPSA) is 43.1 Å². The molecule has 1 aromatic heterocycles. The van der Waals surface area contributed by atoms with Crippen molar-refractivity contribution >= 4 is 5.95 Å². The van der Waals surface area contributed by atoms with Gasteiger partial charge in [0.15, 0.2) is 0 Å². The van der Waals surface area contributed by atoms with E-state index in [4.69, 9.17) is 0 Å². The molecular formula is C10H13N3O. The molecule has 4 heteroatoms. The van der Waals surface area contributed by atoms with Gasteiger partial charge in [0.05, 0.1) is 19.3 Å². The second-order valence-corrected chi connectivity index (χ2v) is 2.73. The third-order valence-electron chi connectivity index (χ3n) is 1.68. The predicted octanol–water partition coefficient (Wildman–Crippen LogP) is 0.893. The minimum Gasteiger partial charge on any atom is -0.740 e. The van der Waals surface area contributed by atoms with Crippen LogP contribution in [0.25, 0.3) is 0 Å². The second-order valence-electron chi connectivity index (χ2n) is 2.73. The van der Waals surface area contributed by atoms with Crippen molar-refractivity contribution in [3.05, 3.63) is 49.0 Å². The van der Waals surface area contributed by atoms with Gasteiger partial charge in [0, 0.05) is 6.07 Å². The van der Waals surface area contributed by atoms with Crippen LogP contribution in [0.4, 0.5) is 5.95 Å². The lowest BCUT2D eigenvalue weighted by Gasteiger charge is -2.16. The van der Waals surface area contributed by atoms with E-state index in [9.17, 15) is 5.21 Å². The largest absolute Gasteiger partial charge is 0.740 e. The van der Waals surface area contributed by atoms with Gasteiger partial charge in [-0.1, -0.05) is 30.3 Å². The molecule has 0 saturated heterocycles. The first-order valence-corrected chi connectivity index (χ1v) is 4.30. The summed E-state index contributed by atoms with van der Waals surface area (Å²) < 4.78 is 0.729. The number of aromatic nitrogens is 2. The van der Waals surface area contributed by atoms with E-state index in [-0.39, 0.29) is 0 Å². The van der Waals surface area contributed by atoms with Crippen LogP contribution in [0.3, 0.4) is 0 Å². The average molecular weight is 191 g/mol. The molecule has 0 fully saturated rings. The zero-order chi connectivity index (χ0) is 10.4. The zero-order valence-corrected chi connectivity index (χ0v) is 7.97. The first-order valence-electron chi connectivity index (χ1n) is 4.30. The van der Waals surface area contributed by atoms with Crippen molar-refractivity contribution in [1.82, 2.24) is 4.98 Å². The Morgan fingerprint density at radius 1 is 1.43 bits per heavy atom. The molecule has 0 aromatic carbocycles. The molecule has 0 saturated carbocycles. The number of hydrogen-bond acceptors (Lipinski definition) is 3. The molecule has 14 heavy (non-hydrogen) atoms. The summed E-state index contributed by atoms with van der Waals surface area (Å²) in [5, 5.41) is 11.4. The van der Waals surface area contributed by atoms with Crippen LogP contribution in [0.1, 0.15) is 0 Å². The quantitative estimate of drug-likeness (QED) is 0.394. The van der Waals surface area contributed by atoms with Crippen molar-refractivity contribution < 1.29 is 4.73 Å². The fourth-order valence-corrected chi connectivity index (χ4v) is 1.12. The number of hydrogen-bond donors (Lipinski definition) is 0. The van der Waals surface area contributed by atoms with Crippen LogP contribution < -0.4 is 9.63 Å². The van der Waals surface area contributed by atoms with Crippen LogP contribution in [0.2, 0.25) is 0 Å². The summed E-state index contributed by atoms with van der Waals surface area (Å²) in [6, 6.07) is 1.59. The van der Waals surface area contributed by atoms with Gasteiger partial charge in [-0.15, -0.1) is 0 Å². The Balaban J connectivity index is 2.91. The number of nitrogens with zero attached hydrogens (tertiary/aromatic N) is 3. The van der Waals surface area contributed by atoms with Crippen LogP contribution >= 0.6 is 0 Å². The molecule has 4 nitrogen and oxygen atoms in total. The minimum atomic E-state index is 0.368. The first kappa shape index (κ1) is 10.2. The Morgan fingerprint density at radius 3 is 2.57 bits per heavy atom. The third kappa shape index (κ3) is 2.32. The highest BCUT2D eigenvalue weighted by Crippen LogP contribution is 2.02. The van der Waals surface area contributed by atoms with Crippen molar-refractivity contribution in [3.63, 3.8) is 0 Å². The Morgan fingerprint density at radius 2 is 2.07 bits per heavy atom.